The molecule has 0 bridgehead atoms. The molecule has 5 unspecified atom stereocenters. The van der Waals surface area contributed by atoms with Crippen molar-refractivity contribution in [2.24, 2.45) is 34.0 Å². The molecule has 19 heavy (non-hydrogen) atoms. The van der Waals surface area contributed by atoms with Crippen molar-refractivity contribution >= 4 is 5.97 Å². The average molecular weight is 264 g/mol. The molecular formula is C17H28O2. The van der Waals surface area contributed by atoms with Crippen LogP contribution < -0.4 is 0 Å². The molecule has 2 nitrogen and oxygen atoms in total. The van der Waals surface area contributed by atoms with E-state index in [4.69, 9.17) is 4.74 Å². The fraction of sp³-hybridized carbons (Fsp3) is 0.941. The van der Waals surface area contributed by atoms with Crippen LogP contribution in [0.5, 0.6) is 0 Å². The van der Waals surface area contributed by atoms with Crippen molar-refractivity contribution < 1.29 is 9.53 Å². The van der Waals surface area contributed by atoms with Crippen LogP contribution in [0.3, 0.4) is 0 Å². The second-order valence-corrected chi connectivity index (χ2v) is 8.54. The maximum atomic E-state index is 10.9. The highest BCUT2D eigenvalue weighted by Crippen LogP contribution is 2.75. The smallest absolute Gasteiger partial charge is 0.302 e. The number of esters is 1. The molecule has 3 fully saturated rings. The fourth-order valence-electron chi connectivity index (χ4n) is 4.74. The number of ether oxygens (including phenoxy) is 1. The van der Waals surface area contributed by atoms with Crippen molar-refractivity contribution in [2.45, 2.75) is 60.3 Å². The van der Waals surface area contributed by atoms with Gasteiger partial charge < -0.3 is 4.74 Å². The van der Waals surface area contributed by atoms with E-state index in [1.54, 1.807) is 0 Å². The molecule has 0 saturated heterocycles. The monoisotopic (exact) mass is 264 g/mol. The summed E-state index contributed by atoms with van der Waals surface area (Å²) in [4.78, 5) is 10.9. The minimum absolute atomic E-state index is 0.137. The van der Waals surface area contributed by atoms with E-state index in [0.717, 1.165) is 17.8 Å². The van der Waals surface area contributed by atoms with Gasteiger partial charge in [0.05, 0.1) is 6.61 Å². The lowest BCUT2D eigenvalue weighted by molar-refractivity contribution is -0.142. The van der Waals surface area contributed by atoms with Crippen molar-refractivity contribution in [3.8, 4) is 0 Å². The molecule has 0 radical (unpaired) electrons. The zero-order valence-electron chi connectivity index (χ0n) is 13.1. The molecule has 0 aromatic carbocycles. The van der Waals surface area contributed by atoms with E-state index in [0.29, 0.717) is 17.4 Å². The Morgan fingerprint density at radius 1 is 1.16 bits per heavy atom. The molecule has 3 saturated carbocycles. The minimum Gasteiger partial charge on any atom is -0.465 e. The zero-order valence-corrected chi connectivity index (χ0v) is 13.1. The van der Waals surface area contributed by atoms with E-state index in [2.05, 4.69) is 27.7 Å². The van der Waals surface area contributed by atoms with Gasteiger partial charge in [-0.15, -0.1) is 0 Å². The summed E-state index contributed by atoms with van der Waals surface area (Å²) in [5.41, 5.74) is 1.40. The summed E-state index contributed by atoms with van der Waals surface area (Å²) in [6, 6.07) is 0. The summed E-state index contributed by atoms with van der Waals surface area (Å²) < 4.78 is 5.23. The van der Waals surface area contributed by atoms with Gasteiger partial charge in [0.2, 0.25) is 0 Å². The number of hydrogen-bond donors (Lipinski definition) is 0. The van der Waals surface area contributed by atoms with Crippen LogP contribution >= 0.6 is 0 Å². The molecule has 0 spiro atoms. The van der Waals surface area contributed by atoms with E-state index in [1.807, 2.05) is 0 Å². The SMILES string of the molecule is CC(=O)OCC1(C)CC1CC1CC2CC2(C)C1(C)C. The third-order valence-corrected chi connectivity index (χ3v) is 7.19. The summed E-state index contributed by atoms with van der Waals surface area (Å²) in [6.45, 7) is 11.9. The predicted molar refractivity (Wildman–Crippen MR) is 75.6 cm³/mol. The van der Waals surface area contributed by atoms with Crippen molar-refractivity contribution in [2.75, 3.05) is 6.61 Å². The molecule has 0 aromatic rings. The van der Waals surface area contributed by atoms with E-state index >= 15 is 0 Å². The number of carbonyl (C=O) groups is 1. The summed E-state index contributed by atoms with van der Waals surface area (Å²) >= 11 is 0. The number of rotatable bonds is 4. The van der Waals surface area contributed by atoms with Crippen LogP contribution in [0, 0.1) is 34.0 Å². The van der Waals surface area contributed by atoms with Crippen LogP contribution in [0.2, 0.25) is 0 Å². The van der Waals surface area contributed by atoms with Crippen molar-refractivity contribution in [1.82, 2.24) is 0 Å². The normalized spacial score (nSPS) is 49.6. The van der Waals surface area contributed by atoms with Crippen LogP contribution in [-0.4, -0.2) is 12.6 Å². The maximum absolute atomic E-state index is 10.9. The molecule has 0 N–H and O–H groups in total. The molecule has 3 rings (SSSR count). The Bertz CT molecular complexity index is 413. The molecule has 108 valence electrons. The van der Waals surface area contributed by atoms with Crippen molar-refractivity contribution in [3.05, 3.63) is 0 Å². The molecule has 3 aliphatic carbocycles. The molecule has 5 atom stereocenters. The van der Waals surface area contributed by atoms with Gasteiger partial charge in [-0.25, -0.2) is 0 Å². The van der Waals surface area contributed by atoms with Gasteiger partial charge in [-0.3, -0.25) is 4.79 Å². The van der Waals surface area contributed by atoms with E-state index < -0.39 is 0 Å². The van der Waals surface area contributed by atoms with Gasteiger partial charge in [0.15, 0.2) is 0 Å². The summed E-state index contributed by atoms with van der Waals surface area (Å²) in [5, 5.41) is 0. The lowest BCUT2D eigenvalue weighted by Gasteiger charge is -2.36. The van der Waals surface area contributed by atoms with Gasteiger partial charge in [-0.1, -0.05) is 27.7 Å². The average Bonchev–Trinajstić information content (AvgIpc) is 3.12. The first-order chi connectivity index (χ1) is 8.69. The van der Waals surface area contributed by atoms with Crippen LogP contribution in [-0.2, 0) is 9.53 Å². The zero-order chi connectivity index (χ0) is 14.1. The van der Waals surface area contributed by atoms with E-state index in [-0.39, 0.29) is 11.4 Å². The highest BCUT2D eigenvalue weighted by molar-refractivity contribution is 5.65. The maximum Gasteiger partial charge on any atom is 0.302 e. The molecule has 0 amide bonds. The lowest BCUT2D eigenvalue weighted by Crippen LogP contribution is -2.28. The number of carbonyl (C=O) groups excluding carboxylic acids is 1. The van der Waals surface area contributed by atoms with Crippen LogP contribution in [0.4, 0.5) is 0 Å². The summed E-state index contributed by atoms with van der Waals surface area (Å²) in [7, 11) is 0. The molecule has 0 aromatic heterocycles. The van der Waals surface area contributed by atoms with Crippen LogP contribution in [0.15, 0.2) is 0 Å². The Labute approximate surface area is 117 Å². The minimum atomic E-state index is -0.137. The van der Waals surface area contributed by atoms with Crippen molar-refractivity contribution in [3.63, 3.8) is 0 Å². The Kier molecular flexibility index (Phi) is 2.67. The highest BCUT2D eigenvalue weighted by atomic mass is 16.5. The fourth-order valence-corrected chi connectivity index (χ4v) is 4.74. The van der Waals surface area contributed by atoms with Gasteiger partial charge in [0, 0.05) is 12.3 Å². The number of fused-ring (bicyclic) bond motifs is 1. The first kappa shape index (κ1) is 13.5. The molecule has 0 aliphatic heterocycles. The topological polar surface area (TPSA) is 26.3 Å². The van der Waals surface area contributed by atoms with E-state index in [9.17, 15) is 4.79 Å². The molecule has 0 heterocycles. The highest BCUT2D eigenvalue weighted by Gasteiger charge is 2.68. The molecule has 3 aliphatic rings. The molecule has 2 heteroatoms. The Hall–Kier alpha value is -0.530. The Morgan fingerprint density at radius 2 is 1.84 bits per heavy atom. The predicted octanol–water partition coefficient (Wildman–Crippen LogP) is 4.04. The Balaban J connectivity index is 1.56. The second kappa shape index (κ2) is 3.77. The summed E-state index contributed by atoms with van der Waals surface area (Å²) in [5.74, 6) is 2.51. The van der Waals surface area contributed by atoms with Crippen LogP contribution in [0.1, 0.15) is 60.3 Å². The third kappa shape index (κ3) is 1.94. The van der Waals surface area contributed by atoms with Gasteiger partial charge >= 0.3 is 5.97 Å². The standard InChI is InChI=1S/C17H28O2/c1-11(18)19-10-16(4)8-13(16)6-12-7-14-9-17(14,5)15(12,2)3/h12-14H,6-10H2,1-5H3. The van der Waals surface area contributed by atoms with Gasteiger partial charge in [-0.2, -0.15) is 0 Å². The Morgan fingerprint density at radius 3 is 2.37 bits per heavy atom. The largest absolute Gasteiger partial charge is 0.465 e. The third-order valence-electron chi connectivity index (χ3n) is 7.19. The first-order valence-electron chi connectivity index (χ1n) is 7.82. The van der Waals surface area contributed by atoms with Crippen molar-refractivity contribution in [1.29, 1.82) is 0 Å². The van der Waals surface area contributed by atoms with Crippen LogP contribution in [0.25, 0.3) is 0 Å². The quantitative estimate of drug-likeness (QED) is 0.716. The number of hydrogen-bond acceptors (Lipinski definition) is 2. The van der Waals surface area contributed by atoms with Gasteiger partial charge in [0.1, 0.15) is 0 Å². The summed E-state index contributed by atoms with van der Waals surface area (Å²) in [6.07, 6.45) is 5.47. The second-order valence-electron chi connectivity index (χ2n) is 8.54. The lowest BCUT2D eigenvalue weighted by atomic mass is 9.69. The van der Waals surface area contributed by atoms with Gasteiger partial charge in [-0.05, 0) is 54.3 Å². The molecular weight excluding hydrogens is 236 g/mol. The van der Waals surface area contributed by atoms with E-state index in [1.165, 1.54) is 32.6 Å². The first-order valence-corrected chi connectivity index (χ1v) is 7.82. The van der Waals surface area contributed by atoms with Gasteiger partial charge in [0.25, 0.3) is 0 Å².